The molecule has 1 aromatic carbocycles. The SMILES string of the molecule is Fc1cc(C2CNCCO2)ccc1Cc1ncc(Br)cn1. The van der Waals surface area contributed by atoms with Crippen molar-refractivity contribution in [3.8, 4) is 0 Å². The molecule has 6 heteroatoms. The predicted molar refractivity (Wildman–Crippen MR) is 80.5 cm³/mol. The van der Waals surface area contributed by atoms with Gasteiger partial charge in [-0.2, -0.15) is 0 Å². The number of rotatable bonds is 3. The average molecular weight is 352 g/mol. The molecule has 0 spiro atoms. The van der Waals surface area contributed by atoms with E-state index >= 15 is 0 Å². The second kappa shape index (κ2) is 6.60. The van der Waals surface area contributed by atoms with Crippen molar-refractivity contribution < 1.29 is 9.13 Å². The highest BCUT2D eigenvalue weighted by Crippen LogP contribution is 2.22. The third-order valence-corrected chi connectivity index (χ3v) is 3.81. The molecule has 1 aliphatic rings. The summed E-state index contributed by atoms with van der Waals surface area (Å²) in [6.07, 6.45) is 3.63. The topological polar surface area (TPSA) is 47.0 Å². The quantitative estimate of drug-likeness (QED) is 0.923. The maximum absolute atomic E-state index is 14.2. The molecule has 4 nitrogen and oxygen atoms in total. The number of hydrogen-bond donors (Lipinski definition) is 1. The van der Waals surface area contributed by atoms with Crippen molar-refractivity contribution in [3.05, 3.63) is 57.8 Å². The van der Waals surface area contributed by atoms with E-state index in [0.717, 1.165) is 16.6 Å². The number of benzene rings is 1. The van der Waals surface area contributed by atoms with E-state index in [1.807, 2.05) is 6.07 Å². The predicted octanol–water partition coefficient (Wildman–Crippen LogP) is 2.63. The van der Waals surface area contributed by atoms with Crippen LogP contribution < -0.4 is 5.32 Å². The molecule has 1 saturated heterocycles. The van der Waals surface area contributed by atoms with Gasteiger partial charge < -0.3 is 10.1 Å². The van der Waals surface area contributed by atoms with Gasteiger partial charge in [0.05, 0.1) is 17.2 Å². The Morgan fingerprint density at radius 1 is 1.33 bits per heavy atom. The van der Waals surface area contributed by atoms with Crippen molar-refractivity contribution in [3.63, 3.8) is 0 Å². The van der Waals surface area contributed by atoms with Gasteiger partial charge in [0, 0.05) is 31.9 Å². The molecule has 1 N–H and O–H groups in total. The van der Waals surface area contributed by atoms with Gasteiger partial charge >= 0.3 is 0 Å². The van der Waals surface area contributed by atoms with Crippen molar-refractivity contribution in [2.24, 2.45) is 0 Å². The Hall–Kier alpha value is -1.37. The summed E-state index contributed by atoms with van der Waals surface area (Å²) in [5, 5.41) is 3.24. The standard InChI is InChI=1S/C15H15BrFN3O/c16-12-7-19-15(20-8-12)6-10-1-2-11(5-13(10)17)14-9-18-3-4-21-14/h1-2,5,7-8,14,18H,3-4,6,9H2. The first kappa shape index (κ1) is 14.6. The molecule has 3 rings (SSSR count). The van der Waals surface area contributed by atoms with E-state index in [4.69, 9.17) is 4.74 Å². The molecule has 1 unspecified atom stereocenters. The maximum Gasteiger partial charge on any atom is 0.132 e. The van der Waals surface area contributed by atoms with Gasteiger partial charge in [-0.25, -0.2) is 14.4 Å². The van der Waals surface area contributed by atoms with E-state index < -0.39 is 0 Å². The second-order valence-electron chi connectivity index (χ2n) is 4.91. The smallest absolute Gasteiger partial charge is 0.132 e. The summed E-state index contributed by atoms with van der Waals surface area (Å²) < 4.78 is 20.7. The van der Waals surface area contributed by atoms with Crippen LogP contribution in [0.4, 0.5) is 4.39 Å². The van der Waals surface area contributed by atoms with E-state index in [0.29, 0.717) is 31.0 Å². The molecule has 1 aliphatic heterocycles. The lowest BCUT2D eigenvalue weighted by Gasteiger charge is -2.24. The molecule has 2 heterocycles. The van der Waals surface area contributed by atoms with E-state index in [1.165, 1.54) is 0 Å². The molecule has 1 fully saturated rings. The molecule has 1 atom stereocenters. The largest absolute Gasteiger partial charge is 0.371 e. The van der Waals surface area contributed by atoms with Crippen LogP contribution in [0.25, 0.3) is 0 Å². The van der Waals surface area contributed by atoms with Gasteiger partial charge in [-0.15, -0.1) is 0 Å². The normalized spacial score (nSPS) is 18.7. The summed E-state index contributed by atoms with van der Waals surface area (Å²) in [6, 6.07) is 5.24. The van der Waals surface area contributed by atoms with Gasteiger partial charge in [0.15, 0.2) is 0 Å². The second-order valence-corrected chi connectivity index (χ2v) is 5.82. The van der Waals surface area contributed by atoms with Crippen molar-refractivity contribution in [1.29, 1.82) is 0 Å². The Balaban J connectivity index is 1.76. The van der Waals surface area contributed by atoms with Gasteiger partial charge in [-0.3, -0.25) is 0 Å². The Morgan fingerprint density at radius 2 is 2.14 bits per heavy atom. The average Bonchev–Trinajstić information content (AvgIpc) is 2.52. The lowest BCUT2D eigenvalue weighted by atomic mass is 10.0. The Labute approximate surface area is 130 Å². The van der Waals surface area contributed by atoms with Crippen molar-refractivity contribution in [2.45, 2.75) is 12.5 Å². The fraction of sp³-hybridized carbons (Fsp3) is 0.333. The highest BCUT2D eigenvalue weighted by atomic mass is 79.9. The van der Waals surface area contributed by atoms with Gasteiger partial charge in [-0.05, 0) is 33.1 Å². The minimum Gasteiger partial charge on any atom is -0.371 e. The molecule has 0 amide bonds. The zero-order valence-electron chi connectivity index (χ0n) is 11.4. The summed E-state index contributed by atoms with van der Waals surface area (Å²) in [7, 11) is 0. The minimum atomic E-state index is -0.242. The fourth-order valence-corrected chi connectivity index (χ4v) is 2.49. The molecular weight excluding hydrogens is 337 g/mol. The molecule has 1 aromatic heterocycles. The Kier molecular flexibility index (Phi) is 4.57. The summed E-state index contributed by atoms with van der Waals surface area (Å²) in [5.41, 5.74) is 1.45. The maximum atomic E-state index is 14.2. The molecule has 0 radical (unpaired) electrons. The van der Waals surface area contributed by atoms with Crippen LogP contribution in [0.5, 0.6) is 0 Å². The van der Waals surface area contributed by atoms with Gasteiger partial charge in [0.2, 0.25) is 0 Å². The van der Waals surface area contributed by atoms with E-state index in [2.05, 4.69) is 31.2 Å². The monoisotopic (exact) mass is 351 g/mol. The molecule has 110 valence electrons. The Morgan fingerprint density at radius 3 is 2.81 bits per heavy atom. The lowest BCUT2D eigenvalue weighted by molar-refractivity contribution is 0.0275. The number of hydrogen-bond acceptors (Lipinski definition) is 4. The lowest BCUT2D eigenvalue weighted by Crippen LogP contribution is -2.33. The first-order valence-corrected chi connectivity index (χ1v) is 7.59. The number of aromatic nitrogens is 2. The first-order chi connectivity index (χ1) is 10.2. The van der Waals surface area contributed by atoms with Crippen molar-refractivity contribution in [2.75, 3.05) is 19.7 Å². The highest BCUT2D eigenvalue weighted by Gasteiger charge is 2.17. The number of nitrogens with one attached hydrogen (secondary N) is 1. The van der Waals surface area contributed by atoms with Gasteiger partial charge in [0.25, 0.3) is 0 Å². The van der Waals surface area contributed by atoms with Crippen LogP contribution in [0.1, 0.15) is 23.1 Å². The van der Waals surface area contributed by atoms with Crippen LogP contribution in [0.2, 0.25) is 0 Å². The fourth-order valence-electron chi connectivity index (χ4n) is 2.29. The number of nitrogens with zero attached hydrogens (tertiary/aromatic N) is 2. The van der Waals surface area contributed by atoms with E-state index in [-0.39, 0.29) is 11.9 Å². The third-order valence-electron chi connectivity index (χ3n) is 3.40. The molecule has 21 heavy (non-hydrogen) atoms. The van der Waals surface area contributed by atoms with Crippen molar-refractivity contribution >= 4 is 15.9 Å². The number of ether oxygens (including phenoxy) is 1. The highest BCUT2D eigenvalue weighted by molar-refractivity contribution is 9.10. The van der Waals surface area contributed by atoms with Crippen LogP contribution in [0.15, 0.2) is 35.1 Å². The molecule has 0 saturated carbocycles. The molecular formula is C15H15BrFN3O. The zero-order valence-corrected chi connectivity index (χ0v) is 12.9. The molecule has 2 aromatic rings. The summed E-state index contributed by atoms with van der Waals surface area (Å²) in [6.45, 7) is 2.22. The van der Waals surface area contributed by atoms with E-state index in [1.54, 1.807) is 24.5 Å². The first-order valence-electron chi connectivity index (χ1n) is 6.79. The van der Waals surface area contributed by atoms with E-state index in [9.17, 15) is 4.39 Å². The molecule has 0 aliphatic carbocycles. The Bertz CT molecular complexity index is 615. The zero-order chi connectivity index (χ0) is 14.7. The summed E-state index contributed by atoms with van der Waals surface area (Å²) in [4.78, 5) is 8.34. The molecule has 0 bridgehead atoms. The van der Waals surface area contributed by atoms with Crippen LogP contribution in [-0.4, -0.2) is 29.7 Å². The van der Waals surface area contributed by atoms with Crippen LogP contribution >= 0.6 is 15.9 Å². The number of morpholine rings is 1. The van der Waals surface area contributed by atoms with Gasteiger partial charge in [-0.1, -0.05) is 12.1 Å². The van der Waals surface area contributed by atoms with Crippen LogP contribution in [-0.2, 0) is 11.2 Å². The third kappa shape index (κ3) is 3.64. The summed E-state index contributed by atoms with van der Waals surface area (Å²) in [5.74, 6) is 0.355. The van der Waals surface area contributed by atoms with Crippen LogP contribution in [0.3, 0.4) is 0 Å². The van der Waals surface area contributed by atoms with Crippen LogP contribution in [0, 0.1) is 5.82 Å². The minimum absolute atomic E-state index is 0.0776. The number of halogens is 2. The van der Waals surface area contributed by atoms with Gasteiger partial charge in [0.1, 0.15) is 11.6 Å². The summed E-state index contributed by atoms with van der Waals surface area (Å²) >= 11 is 3.28. The van der Waals surface area contributed by atoms with Crippen molar-refractivity contribution in [1.82, 2.24) is 15.3 Å².